The molecule has 0 aromatic rings. The number of ketones is 1. The van der Waals surface area contributed by atoms with Crippen molar-refractivity contribution in [2.45, 2.75) is 110 Å². The molecule has 0 unspecified atom stereocenters. The minimum atomic E-state index is 0.0756. The number of aliphatic hydroxyl groups is 1. The first-order chi connectivity index (χ1) is 17.4. The summed E-state index contributed by atoms with van der Waals surface area (Å²) in [6.07, 6.45) is 14.6. The molecule has 5 aliphatic rings. The zero-order valence-electron chi connectivity index (χ0n) is 24.9. The van der Waals surface area contributed by atoms with Gasteiger partial charge in [-0.3, -0.25) is 14.6 Å². The fourth-order valence-corrected chi connectivity index (χ4v) is 10.2. The predicted octanol–water partition coefficient (Wildman–Crippen LogP) is 6.25. The average molecular weight is 511 g/mol. The number of carbonyl (C=O) groups is 1. The number of carbonyl (C=O) groups excluding carboxylic acids is 1. The summed E-state index contributed by atoms with van der Waals surface area (Å²) in [4.78, 5) is 18.1. The zero-order valence-corrected chi connectivity index (χ0v) is 24.9. The van der Waals surface area contributed by atoms with Crippen LogP contribution in [-0.2, 0) is 4.79 Å². The first-order valence-corrected chi connectivity index (χ1v) is 15.4. The number of hydrogen-bond donors (Lipinski definition) is 1. The number of β-amino-alcohol motifs (C(OH)–C–C–N with tert-alkyl or cyclic N) is 1. The lowest BCUT2D eigenvalue weighted by atomic mass is 9.50. The summed E-state index contributed by atoms with van der Waals surface area (Å²) in [6, 6.07) is 0.125. The van der Waals surface area contributed by atoms with Gasteiger partial charge in [0.15, 0.2) is 5.78 Å². The fourth-order valence-electron chi connectivity index (χ4n) is 10.2. The van der Waals surface area contributed by atoms with E-state index in [9.17, 15) is 9.90 Å². The van der Waals surface area contributed by atoms with E-state index in [1.54, 1.807) is 16.7 Å². The molecule has 0 radical (unpaired) electrons. The Bertz CT molecular complexity index is 963. The lowest BCUT2D eigenvalue weighted by molar-refractivity contribution is -0.135. The third-order valence-corrected chi connectivity index (χ3v) is 12.5. The lowest BCUT2D eigenvalue weighted by Gasteiger charge is -2.55. The summed E-state index contributed by atoms with van der Waals surface area (Å²) in [5.41, 5.74) is 5.70. The van der Waals surface area contributed by atoms with E-state index in [4.69, 9.17) is 0 Å². The van der Waals surface area contributed by atoms with Crippen molar-refractivity contribution in [3.05, 3.63) is 22.8 Å². The van der Waals surface area contributed by atoms with Gasteiger partial charge in [-0.15, -0.1) is 0 Å². The number of hydrogen-bond acceptors (Lipinski definition) is 4. The highest BCUT2D eigenvalue weighted by molar-refractivity contribution is 5.88. The Morgan fingerprint density at radius 3 is 2.49 bits per heavy atom. The van der Waals surface area contributed by atoms with Crippen LogP contribution in [0.3, 0.4) is 0 Å². The van der Waals surface area contributed by atoms with E-state index < -0.39 is 0 Å². The van der Waals surface area contributed by atoms with Crippen molar-refractivity contribution in [2.24, 2.45) is 34.5 Å². The molecule has 3 fully saturated rings. The summed E-state index contributed by atoms with van der Waals surface area (Å²) in [5, 5.41) is 9.47. The molecule has 0 spiro atoms. The van der Waals surface area contributed by atoms with Crippen LogP contribution in [0, 0.1) is 34.5 Å². The second-order valence-corrected chi connectivity index (χ2v) is 14.6. The van der Waals surface area contributed by atoms with Crippen LogP contribution in [0.4, 0.5) is 0 Å². The number of allylic oxidation sites excluding steroid dienone is 3. The molecule has 1 N–H and O–H groups in total. The Balaban J connectivity index is 1.33. The summed E-state index contributed by atoms with van der Waals surface area (Å²) < 4.78 is 0. The standard InChI is InChI=1S/C33H54N2O2/c1-22(8-9-23-16-19-35(20-21-36)31(23,2)3)25-12-13-26-24-10-11-28-30(37)29(34(6)7)15-18-33(28,5)27(24)14-17-32(25,26)4/h9,22,25-26,28-29,36H,8,10-21H2,1-7H3/b23-9+/t22-,25-,26-,28+,29+,32-,33-/m1/s1. The summed E-state index contributed by atoms with van der Waals surface area (Å²) in [7, 11) is 4.17. The van der Waals surface area contributed by atoms with Crippen LogP contribution in [0.25, 0.3) is 0 Å². The third-order valence-electron chi connectivity index (χ3n) is 12.5. The van der Waals surface area contributed by atoms with E-state index in [0.717, 1.165) is 44.2 Å². The second-order valence-electron chi connectivity index (χ2n) is 14.6. The number of nitrogens with zero attached hydrogens (tertiary/aromatic N) is 2. The van der Waals surface area contributed by atoms with Gasteiger partial charge < -0.3 is 5.11 Å². The largest absolute Gasteiger partial charge is 0.395 e. The molecule has 5 rings (SSSR count). The van der Waals surface area contributed by atoms with E-state index in [2.05, 4.69) is 64.6 Å². The van der Waals surface area contributed by atoms with E-state index in [1.165, 1.54) is 44.9 Å². The molecule has 0 bridgehead atoms. The van der Waals surface area contributed by atoms with Gasteiger partial charge in [-0.25, -0.2) is 0 Å². The topological polar surface area (TPSA) is 43.8 Å². The Hall–Kier alpha value is -0.970. The minimum Gasteiger partial charge on any atom is -0.395 e. The van der Waals surface area contributed by atoms with Crippen molar-refractivity contribution in [3.63, 3.8) is 0 Å². The van der Waals surface area contributed by atoms with Gasteiger partial charge in [-0.2, -0.15) is 0 Å². The van der Waals surface area contributed by atoms with Crippen LogP contribution in [0.2, 0.25) is 0 Å². The Kier molecular flexibility index (Phi) is 7.38. The third kappa shape index (κ3) is 4.32. The molecule has 7 atom stereocenters. The summed E-state index contributed by atoms with van der Waals surface area (Å²) in [6.45, 7) is 14.4. The van der Waals surface area contributed by atoms with Crippen molar-refractivity contribution >= 4 is 5.78 Å². The van der Waals surface area contributed by atoms with Crippen molar-refractivity contribution in [3.8, 4) is 0 Å². The Morgan fingerprint density at radius 2 is 1.78 bits per heavy atom. The highest BCUT2D eigenvalue weighted by atomic mass is 16.3. The molecule has 2 saturated carbocycles. The molecule has 4 nitrogen and oxygen atoms in total. The number of fused-ring (bicyclic) bond motifs is 4. The monoisotopic (exact) mass is 510 g/mol. The molecular formula is C33H54N2O2. The molecule has 1 saturated heterocycles. The number of rotatable bonds is 6. The van der Waals surface area contributed by atoms with Gasteiger partial charge in [-0.1, -0.05) is 43.6 Å². The molecule has 37 heavy (non-hydrogen) atoms. The fraction of sp³-hybridized carbons (Fsp3) is 0.848. The van der Waals surface area contributed by atoms with Crippen molar-refractivity contribution < 1.29 is 9.90 Å². The second kappa shape index (κ2) is 9.89. The maximum absolute atomic E-state index is 13.5. The minimum absolute atomic E-state index is 0.0756. The molecular weight excluding hydrogens is 456 g/mol. The van der Waals surface area contributed by atoms with Crippen molar-refractivity contribution in [2.75, 3.05) is 33.8 Å². The predicted molar refractivity (Wildman–Crippen MR) is 152 cm³/mol. The van der Waals surface area contributed by atoms with Gasteiger partial charge in [0.25, 0.3) is 0 Å². The van der Waals surface area contributed by atoms with Crippen molar-refractivity contribution in [1.29, 1.82) is 0 Å². The highest BCUT2D eigenvalue weighted by Gasteiger charge is 2.57. The summed E-state index contributed by atoms with van der Waals surface area (Å²) >= 11 is 0. The number of likely N-dealkylation sites (N-methyl/N-ethyl adjacent to an activating group) is 1. The highest BCUT2D eigenvalue weighted by Crippen LogP contribution is 2.65. The van der Waals surface area contributed by atoms with Crippen LogP contribution >= 0.6 is 0 Å². The van der Waals surface area contributed by atoms with Gasteiger partial charge in [0.1, 0.15) is 0 Å². The van der Waals surface area contributed by atoms with Crippen LogP contribution in [0.15, 0.2) is 22.8 Å². The molecule has 0 amide bonds. The van der Waals surface area contributed by atoms with E-state index >= 15 is 0 Å². The van der Waals surface area contributed by atoms with Crippen molar-refractivity contribution in [1.82, 2.24) is 9.80 Å². The quantitative estimate of drug-likeness (QED) is 0.429. The van der Waals surface area contributed by atoms with Gasteiger partial charge in [0.2, 0.25) is 0 Å². The van der Waals surface area contributed by atoms with E-state index in [-0.39, 0.29) is 29.5 Å². The smallest absolute Gasteiger partial charge is 0.153 e. The maximum atomic E-state index is 13.5. The average Bonchev–Trinajstić information content (AvgIpc) is 3.33. The van der Waals surface area contributed by atoms with Crippen LogP contribution < -0.4 is 0 Å². The van der Waals surface area contributed by atoms with Crippen LogP contribution in [0.5, 0.6) is 0 Å². The first kappa shape index (κ1) is 27.6. The maximum Gasteiger partial charge on any atom is 0.153 e. The SMILES string of the molecule is C[C@H](C/C=C1\CCN(CCO)C1(C)C)[C@H]1CC[C@@H]2C3=C(CC[C@@]21C)[C@@]1(C)CC[C@H](N(C)C)C(=O)[C@@H]1CC3. The molecule has 4 aliphatic carbocycles. The molecule has 0 aromatic carbocycles. The number of aliphatic hydroxyl groups excluding tert-OH is 1. The van der Waals surface area contributed by atoms with Gasteiger partial charge in [-0.05, 0) is 121 Å². The van der Waals surface area contributed by atoms with Crippen LogP contribution in [0.1, 0.15) is 98.8 Å². The molecule has 1 heterocycles. The van der Waals surface area contributed by atoms with Gasteiger partial charge in [0, 0.05) is 24.5 Å². The van der Waals surface area contributed by atoms with E-state index in [1.807, 2.05) is 0 Å². The Labute approximate surface area is 226 Å². The normalized spacial score (nSPS) is 41.8. The lowest BCUT2D eigenvalue weighted by Crippen LogP contribution is -2.53. The molecule has 4 heteroatoms. The zero-order chi connectivity index (χ0) is 26.8. The Morgan fingerprint density at radius 1 is 1.03 bits per heavy atom. The molecule has 208 valence electrons. The molecule has 0 aromatic heterocycles. The summed E-state index contributed by atoms with van der Waals surface area (Å²) in [5.74, 6) is 2.99. The number of Topliss-reactive ketones (excluding diaryl/α,β-unsaturated/α-hetero) is 1. The molecule has 1 aliphatic heterocycles. The van der Waals surface area contributed by atoms with Gasteiger partial charge in [0.05, 0.1) is 12.6 Å². The number of likely N-dealkylation sites (tertiary alicyclic amines) is 1. The van der Waals surface area contributed by atoms with E-state index in [0.29, 0.717) is 17.1 Å². The van der Waals surface area contributed by atoms with Gasteiger partial charge >= 0.3 is 0 Å². The van der Waals surface area contributed by atoms with Crippen LogP contribution in [-0.4, -0.2) is 66.1 Å². The first-order valence-electron chi connectivity index (χ1n) is 15.4.